The number of rotatable bonds is 3. The Hall–Kier alpha value is -2.31. The molecule has 0 bridgehead atoms. The van der Waals surface area contributed by atoms with Gasteiger partial charge in [-0.15, -0.1) is 0 Å². The predicted molar refractivity (Wildman–Crippen MR) is 68.3 cm³/mol. The number of hydrogen-bond donors (Lipinski definition) is 0. The Morgan fingerprint density at radius 2 is 2.29 bits per heavy atom. The van der Waals surface area contributed by atoms with E-state index in [4.69, 9.17) is 4.52 Å². The number of carbonyl (C=O) groups excluding carboxylic acids is 1. The van der Waals surface area contributed by atoms with Crippen molar-refractivity contribution in [2.24, 2.45) is 0 Å². The van der Waals surface area contributed by atoms with E-state index in [0.717, 1.165) is 18.6 Å². The summed E-state index contributed by atoms with van der Waals surface area (Å²) < 4.78 is 31.1. The minimum atomic E-state index is -0.697. The molecule has 1 aromatic heterocycles. The molecule has 1 amide bonds. The third-order valence-electron chi connectivity index (χ3n) is 3.64. The molecule has 1 fully saturated rings. The summed E-state index contributed by atoms with van der Waals surface area (Å²) in [5.74, 6) is -0.908. The topological polar surface area (TPSA) is 59.2 Å². The smallest absolute Gasteiger partial charge is 0.227 e. The van der Waals surface area contributed by atoms with E-state index in [1.807, 2.05) is 0 Å². The first-order chi connectivity index (χ1) is 10.1. The molecule has 5 nitrogen and oxygen atoms in total. The summed E-state index contributed by atoms with van der Waals surface area (Å²) in [6, 6.07) is 3.24. The lowest BCUT2D eigenvalue weighted by atomic mass is 10.1. The Balaban J connectivity index is 1.64. The van der Waals surface area contributed by atoms with Gasteiger partial charge in [-0.05, 0) is 18.1 Å². The van der Waals surface area contributed by atoms with Gasteiger partial charge in [-0.25, -0.2) is 8.78 Å². The molecule has 0 spiro atoms. The highest BCUT2D eigenvalue weighted by Gasteiger charge is 2.30. The molecular weight excluding hydrogens is 280 g/mol. The third kappa shape index (κ3) is 2.91. The summed E-state index contributed by atoms with van der Waals surface area (Å²) in [7, 11) is 0. The van der Waals surface area contributed by atoms with E-state index >= 15 is 0 Å². The first kappa shape index (κ1) is 13.7. The second kappa shape index (κ2) is 5.59. The zero-order chi connectivity index (χ0) is 14.8. The molecular formula is C14H13F2N3O2. The second-order valence-electron chi connectivity index (χ2n) is 5.03. The summed E-state index contributed by atoms with van der Waals surface area (Å²) in [4.78, 5) is 17.8. The Kier molecular flexibility index (Phi) is 3.64. The zero-order valence-corrected chi connectivity index (χ0v) is 11.1. The lowest BCUT2D eigenvalue weighted by molar-refractivity contribution is -0.129. The van der Waals surface area contributed by atoms with Crippen molar-refractivity contribution in [3.63, 3.8) is 0 Å². The Bertz CT molecular complexity index is 646. The summed E-state index contributed by atoms with van der Waals surface area (Å²) in [6.45, 7) is 1.06. The summed E-state index contributed by atoms with van der Waals surface area (Å²) in [5, 5.41) is 3.77. The monoisotopic (exact) mass is 293 g/mol. The van der Waals surface area contributed by atoms with Crippen molar-refractivity contribution in [2.45, 2.75) is 18.8 Å². The van der Waals surface area contributed by atoms with Gasteiger partial charge in [0.15, 0.2) is 5.82 Å². The van der Waals surface area contributed by atoms with E-state index in [2.05, 4.69) is 10.1 Å². The van der Waals surface area contributed by atoms with Crippen molar-refractivity contribution in [1.29, 1.82) is 0 Å². The van der Waals surface area contributed by atoms with Gasteiger partial charge in [-0.1, -0.05) is 11.2 Å². The molecule has 1 atom stereocenters. The number of amides is 1. The first-order valence-electron chi connectivity index (χ1n) is 6.61. The second-order valence-corrected chi connectivity index (χ2v) is 5.03. The molecule has 110 valence electrons. The average Bonchev–Trinajstić information content (AvgIpc) is 3.10. The van der Waals surface area contributed by atoms with Gasteiger partial charge in [0, 0.05) is 25.1 Å². The molecule has 1 aliphatic rings. The van der Waals surface area contributed by atoms with E-state index in [1.165, 1.54) is 12.5 Å². The maximum atomic E-state index is 13.6. The number of carbonyl (C=O) groups is 1. The Labute approximate surface area is 119 Å². The third-order valence-corrected chi connectivity index (χ3v) is 3.64. The van der Waals surface area contributed by atoms with Crippen LogP contribution in [0.4, 0.5) is 8.78 Å². The quantitative estimate of drug-likeness (QED) is 0.867. The number of nitrogens with zero attached hydrogens (tertiary/aromatic N) is 3. The number of likely N-dealkylation sites (tertiary alicyclic amines) is 1. The Morgan fingerprint density at radius 3 is 3.00 bits per heavy atom. The van der Waals surface area contributed by atoms with Gasteiger partial charge in [0.25, 0.3) is 0 Å². The van der Waals surface area contributed by atoms with Crippen LogP contribution in [0.3, 0.4) is 0 Å². The van der Waals surface area contributed by atoms with Gasteiger partial charge in [0.2, 0.25) is 12.3 Å². The van der Waals surface area contributed by atoms with Gasteiger partial charge in [0.1, 0.15) is 11.6 Å². The van der Waals surface area contributed by atoms with Crippen LogP contribution in [0.25, 0.3) is 0 Å². The first-order valence-corrected chi connectivity index (χ1v) is 6.61. The van der Waals surface area contributed by atoms with Crippen molar-refractivity contribution in [3.8, 4) is 0 Å². The van der Waals surface area contributed by atoms with Crippen LogP contribution in [0.2, 0.25) is 0 Å². The lowest BCUT2D eigenvalue weighted by Gasteiger charge is -2.16. The molecule has 1 aromatic carbocycles. The van der Waals surface area contributed by atoms with Gasteiger partial charge in [0.05, 0.1) is 6.42 Å². The van der Waals surface area contributed by atoms with Gasteiger partial charge >= 0.3 is 0 Å². The fourth-order valence-electron chi connectivity index (χ4n) is 2.50. The van der Waals surface area contributed by atoms with E-state index in [9.17, 15) is 13.6 Å². The van der Waals surface area contributed by atoms with Crippen molar-refractivity contribution in [2.75, 3.05) is 13.1 Å². The largest absolute Gasteiger partial charge is 0.343 e. The fraction of sp³-hybridized carbons (Fsp3) is 0.357. The van der Waals surface area contributed by atoms with Crippen molar-refractivity contribution in [3.05, 3.63) is 47.6 Å². The number of hydrogen-bond acceptors (Lipinski definition) is 4. The molecule has 2 heterocycles. The summed E-state index contributed by atoms with van der Waals surface area (Å²) in [6.07, 6.45) is 1.93. The molecule has 1 saturated heterocycles. The molecule has 21 heavy (non-hydrogen) atoms. The van der Waals surface area contributed by atoms with Gasteiger partial charge < -0.3 is 9.42 Å². The molecule has 1 aliphatic heterocycles. The van der Waals surface area contributed by atoms with E-state index < -0.39 is 11.6 Å². The van der Waals surface area contributed by atoms with Crippen LogP contribution in [0.5, 0.6) is 0 Å². The maximum Gasteiger partial charge on any atom is 0.227 e. The number of aromatic nitrogens is 2. The molecule has 1 unspecified atom stereocenters. The molecule has 3 rings (SSSR count). The average molecular weight is 293 g/mol. The van der Waals surface area contributed by atoms with Crippen LogP contribution in [-0.4, -0.2) is 34.0 Å². The number of benzene rings is 1. The normalized spacial score (nSPS) is 18.2. The van der Waals surface area contributed by atoms with Crippen LogP contribution in [0.15, 0.2) is 29.1 Å². The van der Waals surface area contributed by atoms with E-state index in [0.29, 0.717) is 18.9 Å². The lowest BCUT2D eigenvalue weighted by Crippen LogP contribution is -2.30. The minimum absolute atomic E-state index is 0.0470. The zero-order valence-electron chi connectivity index (χ0n) is 11.1. The van der Waals surface area contributed by atoms with Gasteiger partial charge in [-0.3, -0.25) is 4.79 Å². The van der Waals surface area contributed by atoms with Crippen molar-refractivity contribution < 1.29 is 18.1 Å². The van der Waals surface area contributed by atoms with Crippen molar-refractivity contribution in [1.82, 2.24) is 15.0 Å². The SMILES string of the molecule is O=C(Cc1ccc(F)cc1F)N1CCC(c2ncon2)C1. The fourth-order valence-corrected chi connectivity index (χ4v) is 2.50. The van der Waals surface area contributed by atoms with Crippen LogP contribution in [0.1, 0.15) is 23.7 Å². The molecule has 0 N–H and O–H groups in total. The van der Waals surface area contributed by atoms with E-state index in [1.54, 1.807) is 4.90 Å². The van der Waals surface area contributed by atoms with E-state index in [-0.39, 0.29) is 23.8 Å². The highest BCUT2D eigenvalue weighted by Crippen LogP contribution is 2.25. The van der Waals surface area contributed by atoms with Crippen LogP contribution >= 0.6 is 0 Å². The minimum Gasteiger partial charge on any atom is -0.343 e. The number of halogens is 2. The standard InChI is InChI=1S/C14H13F2N3O2/c15-11-2-1-9(12(16)6-11)5-13(20)19-4-3-10(7-19)14-17-8-21-18-14/h1-2,6,8,10H,3-5,7H2. The van der Waals surface area contributed by atoms with Gasteiger partial charge in [-0.2, -0.15) is 4.98 Å². The highest BCUT2D eigenvalue weighted by atomic mass is 19.1. The molecule has 0 aliphatic carbocycles. The van der Waals surface area contributed by atoms with Crippen LogP contribution in [0, 0.1) is 11.6 Å². The summed E-state index contributed by atoms with van der Waals surface area (Å²) in [5.41, 5.74) is 0.199. The summed E-state index contributed by atoms with van der Waals surface area (Å²) >= 11 is 0. The molecule has 0 saturated carbocycles. The molecule has 2 aromatic rings. The predicted octanol–water partition coefficient (Wildman–Crippen LogP) is 1.91. The maximum absolute atomic E-state index is 13.6. The molecule has 7 heteroatoms. The van der Waals surface area contributed by atoms with Crippen molar-refractivity contribution >= 4 is 5.91 Å². The molecule has 0 radical (unpaired) electrons. The highest BCUT2D eigenvalue weighted by molar-refractivity contribution is 5.79. The Morgan fingerprint density at radius 1 is 1.43 bits per heavy atom. The van der Waals surface area contributed by atoms with Crippen LogP contribution in [-0.2, 0) is 11.2 Å². The van der Waals surface area contributed by atoms with Crippen LogP contribution < -0.4 is 0 Å².